The molecule has 0 aromatic carbocycles. The predicted molar refractivity (Wildman–Crippen MR) is 124 cm³/mol. The van der Waals surface area contributed by atoms with Crippen molar-refractivity contribution in [2.45, 2.75) is 147 Å². The van der Waals surface area contributed by atoms with Crippen LogP contribution in [0.25, 0.3) is 0 Å². The summed E-state index contributed by atoms with van der Waals surface area (Å²) in [6.07, 6.45) is 19.8. The average molecular weight is 397 g/mol. The lowest BCUT2D eigenvalue weighted by Crippen LogP contribution is -2.55. The molecule has 2 N–H and O–H groups in total. The van der Waals surface area contributed by atoms with Crippen molar-refractivity contribution in [3.8, 4) is 0 Å². The molecule has 1 aliphatic heterocycles. The van der Waals surface area contributed by atoms with Gasteiger partial charge in [0.25, 0.3) is 0 Å². The van der Waals surface area contributed by atoms with Crippen molar-refractivity contribution in [3.05, 3.63) is 0 Å². The number of thioether (sulfide) groups is 1. The fourth-order valence-electron chi connectivity index (χ4n) is 4.97. The summed E-state index contributed by atoms with van der Waals surface area (Å²) in [7, 11) is 0. The second-order valence-electron chi connectivity index (χ2n) is 10.4. The average Bonchev–Trinajstić information content (AvgIpc) is 2.76. The van der Waals surface area contributed by atoms with E-state index in [4.69, 9.17) is 0 Å². The van der Waals surface area contributed by atoms with Gasteiger partial charge >= 0.3 is 0 Å². The Labute approximate surface area is 174 Å². The van der Waals surface area contributed by atoms with E-state index >= 15 is 0 Å². The number of hydrogen-bond acceptors (Lipinski definition) is 3. The fourth-order valence-corrected chi connectivity index (χ4v) is 6.41. The van der Waals surface area contributed by atoms with E-state index in [2.05, 4.69) is 57.0 Å². The van der Waals surface area contributed by atoms with Crippen LogP contribution in [0.4, 0.5) is 0 Å². The lowest BCUT2D eigenvalue weighted by molar-refractivity contribution is 0.217. The van der Waals surface area contributed by atoms with Crippen LogP contribution in [0.2, 0.25) is 0 Å². The van der Waals surface area contributed by atoms with Crippen LogP contribution in [0.5, 0.6) is 0 Å². The minimum atomic E-state index is 0.163. The molecule has 1 atom stereocenters. The molecule has 27 heavy (non-hydrogen) atoms. The van der Waals surface area contributed by atoms with Crippen molar-refractivity contribution >= 4 is 11.8 Å². The highest BCUT2D eigenvalue weighted by Gasteiger charge is 2.54. The number of nitrogens with one attached hydrogen (secondary N) is 2. The SMILES string of the molecule is CCCCCCCCCCCCSC1CCCC2(C1)NC(C)(C)C(C)(C)N2. The van der Waals surface area contributed by atoms with Gasteiger partial charge in [-0.1, -0.05) is 64.7 Å². The topological polar surface area (TPSA) is 24.1 Å². The van der Waals surface area contributed by atoms with Gasteiger partial charge in [0.15, 0.2) is 0 Å². The lowest BCUT2D eigenvalue weighted by Gasteiger charge is -2.39. The molecule has 1 unspecified atom stereocenters. The van der Waals surface area contributed by atoms with E-state index in [1.54, 1.807) is 0 Å². The number of rotatable bonds is 12. The molecule has 160 valence electrons. The Morgan fingerprint density at radius 3 is 1.85 bits per heavy atom. The van der Waals surface area contributed by atoms with E-state index < -0.39 is 0 Å². The van der Waals surface area contributed by atoms with Gasteiger partial charge in [0.1, 0.15) is 0 Å². The second-order valence-corrected chi connectivity index (χ2v) is 11.8. The summed E-state index contributed by atoms with van der Waals surface area (Å²) < 4.78 is 0. The lowest BCUT2D eigenvalue weighted by atomic mass is 9.85. The van der Waals surface area contributed by atoms with E-state index in [1.165, 1.54) is 95.6 Å². The molecule has 2 fully saturated rings. The third-order valence-electron chi connectivity index (χ3n) is 7.22. The first kappa shape index (κ1) is 23.5. The highest BCUT2D eigenvalue weighted by atomic mass is 32.2. The standard InChI is InChI=1S/C24H48N2S/c1-6-7-8-9-10-11-12-13-14-15-19-27-21-17-16-18-24(20-21)25-22(2,3)23(4,5)26-24/h21,25-26H,6-20H2,1-5H3. The van der Waals surface area contributed by atoms with E-state index in [1.807, 2.05) is 0 Å². The van der Waals surface area contributed by atoms with E-state index in [9.17, 15) is 0 Å². The predicted octanol–water partition coefficient (Wildman–Crippen LogP) is 7.03. The summed E-state index contributed by atoms with van der Waals surface area (Å²) in [5.41, 5.74) is 0.507. The maximum absolute atomic E-state index is 3.98. The summed E-state index contributed by atoms with van der Waals surface area (Å²) in [5.74, 6) is 1.37. The first-order valence-corrected chi connectivity index (χ1v) is 13.1. The Hall–Kier alpha value is 0.270. The molecule has 0 aromatic rings. The van der Waals surface area contributed by atoms with Crippen LogP contribution in [0.15, 0.2) is 0 Å². The van der Waals surface area contributed by atoms with Gasteiger partial charge in [-0.05, 0) is 65.6 Å². The molecule has 3 heteroatoms. The van der Waals surface area contributed by atoms with Crippen LogP contribution in [0, 0.1) is 0 Å². The van der Waals surface area contributed by atoms with Crippen LogP contribution in [0.1, 0.15) is 125 Å². The molecular formula is C24H48N2S. The zero-order chi connectivity index (χ0) is 19.8. The summed E-state index contributed by atoms with van der Waals surface area (Å²) >= 11 is 2.26. The van der Waals surface area contributed by atoms with Gasteiger partial charge in [-0.15, -0.1) is 0 Å². The Morgan fingerprint density at radius 2 is 1.30 bits per heavy atom. The van der Waals surface area contributed by atoms with Gasteiger partial charge in [-0.25, -0.2) is 0 Å². The number of unbranched alkanes of at least 4 members (excludes halogenated alkanes) is 9. The molecular weight excluding hydrogens is 348 g/mol. The van der Waals surface area contributed by atoms with Gasteiger partial charge in [-0.2, -0.15) is 11.8 Å². The highest BCUT2D eigenvalue weighted by molar-refractivity contribution is 7.99. The Balaban J connectivity index is 1.54. The number of hydrogen-bond donors (Lipinski definition) is 2. The van der Waals surface area contributed by atoms with Gasteiger partial charge in [0.2, 0.25) is 0 Å². The van der Waals surface area contributed by atoms with Crippen molar-refractivity contribution in [1.82, 2.24) is 10.6 Å². The van der Waals surface area contributed by atoms with Crippen molar-refractivity contribution in [2.24, 2.45) is 0 Å². The Bertz CT molecular complexity index is 403. The van der Waals surface area contributed by atoms with Crippen LogP contribution in [0.3, 0.4) is 0 Å². The largest absolute Gasteiger partial charge is 0.292 e. The minimum absolute atomic E-state index is 0.163. The molecule has 0 aromatic heterocycles. The maximum Gasteiger partial charge on any atom is 0.0707 e. The molecule has 1 saturated heterocycles. The fraction of sp³-hybridized carbons (Fsp3) is 1.00. The molecule has 1 aliphatic carbocycles. The monoisotopic (exact) mass is 396 g/mol. The highest BCUT2D eigenvalue weighted by Crippen LogP contribution is 2.42. The van der Waals surface area contributed by atoms with E-state index in [0.717, 1.165) is 5.25 Å². The van der Waals surface area contributed by atoms with Crippen molar-refractivity contribution < 1.29 is 0 Å². The van der Waals surface area contributed by atoms with Crippen molar-refractivity contribution in [2.75, 3.05) is 5.75 Å². The molecule has 0 radical (unpaired) electrons. The van der Waals surface area contributed by atoms with E-state index in [0.29, 0.717) is 0 Å². The molecule has 2 rings (SSSR count). The summed E-state index contributed by atoms with van der Waals surface area (Å²) in [4.78, 5) is 0. The summed E-state index contributed by atoms with van der Waals surface area (Å²) in [6.45, 7) is 11.7. The quantitative estimate of drug-likeness (QED) is 0.346. The first-order chi connectivity index (χ1) is 12.8. The Kier molecular flexibility index (Phi) is 9.49. The first-order valence-electron chi connectivity index (χ1n) is 12.0. The normalized spacial score (nSPS) is 25.9. The van der Waals surface area contributed by atoms with Crippen LogP contribution in [-0.2, 0) is 0 Å². The molecule has 1 saturated carbocycles. The zero-order valence-electron chi connectivity index (χ0n) is 19.1. The zero-order valence-corrected chi connectivity index (χ0v) is 19.9. The van der Waals surface area contributed by atoms with E-state index in [-0.39, 0.29) is 16.7 Å². The molecule has 1 spiro atoms. The smallest absolute Gasteiger partial charge is 0.0707 e. The molecule has 0 bridgehead atoms. The van der Waals surface area contributed by atoms with Crippen molar-refractivity contribution in [1.29, 1.82) is 0 Å². The van der Waals surface area contributed by atoms with Crippen LogP contribution >= 0.6 is 11.8 Å². The van der Waals surface area contributed by atoms with Crippen molar-refractivity contribution in [3.63, 3.8) is 0 Å². The van der Waals surface area contributed by atoms with Crippen LogP contribution < -0.4 is 10.6 Å². The molecule has 2 nitrogen and oxygen atoms in total. The minimum Gasteiger partial charge on any atom is -0.292 e. The Morgan fingerprint density at radius 1 is 0.778 bits per heavy atom. The van der Waals surface area contributed by atoms with Gasteiger partial charge in [-0.3, -0.25) is 10.6 Å². The molecule has 1 heterocycles. The summed E-state index contributed by atoms with van der Waals surface area (Å²) in [6, 6.07) is 0. The van der Waals surface area contributed by atoms with Gasteiger partial charge in [0, 0.05) is 16.3 Å². The van der Waals surface area contributed by atoms with Gasteiger partial charge in [0.05, 0.1) is 5.66 Å². The third-order valence-corrected chi connectivity index (χ3v) is 8.62. The maximum atomic E-state index is 3.98. The van der Waals surface area contributed by atoms with Gasteiger partial charge < -0.3 is 0 Å². The van der Waals surface area contributed by atoms with Crippen LogP contribution in [-0.4, -0.2) is 27.7 Å². The summed E-state index contributed by atoms with van der Waals surface area (Å²) in [5, 5.41) is 8.80. The molecule has 0 amide bonds. The second kappa shape index (κ2) is 10.9. The third kappa shape index (κ3) is 7.23. The molecule has 2 aliphatic rings.